The average Bonchev–Trinajstić information content (AvgIpc) is 2.61. The number of para-hydroxylation sites is 2. The molecule has 1 aliphatic heterocycles. The first-order valence-electron chi connectivity index (χ1n) is 7.60. The van der Waals surface area contributed by atoms with Crippen LogP contribution < -0.4 is 14.4 Å². The number of phenolic OH excluding ortho intramolecular Hbond substituents is 1. The van der Waals surface area contributed by atoms with Crippen molar-refractivity contribution in [2.75, 3.05) is 18.6 Å². The van der Waals surface area contributed by atoms with Gasteiger partial charge in [0.15, 0.2) is 23.0 Å². The van der Waals surface area contributed by atoms with Gasteiger partial charge in [0.25, 0.3) is 5.91 Å². The Bertz CT molecular complexity index is 912. The molecule has 0 fully saturated rings. The van der Waals surface area contributed by atoms with Crippen molar-refractivity contribution < 1.29 is 19.4 Å². The van der Waals surface area contributed by atoms with Gasteiger partial charge in [-0.25, -0.2) is 0 Å². The maximum atomic E-state index is 12.7. The van der Waals surface area contributed by atoms with E-state index in [1.165, 1.54) is 12.0 Å². The van der Waals surface area contributed by atoms with Crippen LogP contribution in [0.5, 0.6) is 17.2 Å². The van der Waals surface area contributed by atoms with Gasteiger partial charge in [-0.3, -0.25) is 9.69 Å². The number of anilines is 1. The van der Waals surface area contributed by atoms with Gasteiger partial charge < -0.3 is 14.6 Å². The Morgan fingerprint density at radius 3 is 2.84 bits per heavy atom. The molecular weight excluding hydrogens is 320 g/mol. The van der Waals surface area contributed by atoms with E-state index >= 15 is 0 Å². The van der Waals surface area contributed by atoms with E-state index in [-0.39, 0.29) is 18.1 Å². The molecule has 0 unspecified atom stereocenters. The number of methoxy groups -OCH3 is 1. The second-order valence-corrected chi connectivity index (χ2v) is 5.52. The molecule has 0 aromatic heterocycles. The number of fused-ring (bicyclic) bond motifs is 1. The lowest BCUT2D eigenvalue weighted by atomic mass is 10.1. The van der Waals surface area contributed by atoms with Crippen molar-refractivity contribution >= 4 is 17.7 Å². The molecule has 3 rings (SSSR count). The van der Waals surface area contributed by atoms with Crippen molar-refractivity contribution in [2.45, 2.75) is 6.92 Å². The fraction of sp³-hybridized carbons (Fsp3) is 0.158. The van der Waals surface area contributed by atoms with Crippen LogP contribution in [0.1, 0.15) is 11.1 Å². The molecule has 6 nitrogen and oxygen atoms in total. The molecule has 0 atom stereocenters. The van der Waals surface area contributed by atoms with Crippen LogP contribution in [0.25, 0.3) is 6.08 Å². The Morgan fingerprint density at radius 1 is 1.36 bits per heavy atom. The Labute approximate surface area is 145 Å². The normalized spacial score (nSPS) is 14.7. The monoisotopic (exact) mass is 336 g/mol. The number of rotatable bonds is 3. The van der Waals surface area contributed by atoms with Crippen LogP contribution in [0.2, 0.25) is 0 Å². The van der Waals surface area contributed by atoms with Gasteiger partial charge in [-0.2, -0.15) is 5.26 Å². The molecule has 1 amide bonds. The second-order valence-electron chi connectivity index (χ2n) is 5.52. The second kappa shape index (κ2) is 6.57. The SMILES string of the molecule is COc1cc(C=C2Oc3ccccc3N(CC#N)C2=O)cc(C)c1O. The van der Waals surface area contributed by atoms with Gasteiger partial charge in [-0.15, -0.1) is 0 Å². The van der Waals surface area contributed by atoms with Crippen LogP contribution in [0.15, 0.2) is 42.2 Å². The number of carbonyl (C=O) groups excluding carboxylic acids is 1. The van der Waals surface area contributed by atoms with E-state index in [4.69, 9.17) is 14.7 Å². The molecule has 6 heteroatoms. The fourth-order valence-corrected chi connectivity index (χ4v) is 2.65. The number of nitrogens with zero attached hydrogens (tertiary/aromatic N) is 2. The number of carbonyl (C=O) groups is 1. The minimum absolute atomic E-state index is 0.0528. The molecule has 1 aliphatic rings. The maximum Gasteiger partial charge on any atom is 0.295 e. The number of benzene rings is 2. The van der Waals surface area contributed by atoms with Gasteiger partial charge in [-0.05, 0) is 48.4 Å². The highest BCUT2D eigenvalue weighted by molar-refractivity contribution is 6.10. The molecule has 1 N–H and O–H groups in total. The number of hydrogen-bond donors (Lipinski definition) is 1. The third-order valence-corrected chi connectivity index (χ3v) is 3.87. The molecular formula is C19H16N2O4. The van der Waals surface area contributed by atoms with Crippen molar-refractivity contribution in [2.24, 2.45) is 0 Å². The number of nitriles is 1. The number of amides is 1. The first-order valence-corrected chi connectivity index (χ1v) is 7.60. The summed E-state index contributed by atoms with van der Waals surface area (Å²) in [5, 5.41) is 19.0. The molecule has 25 heavy (non-hydrogen) atoms. The summed E-state index contributed by atoms with van der Waals surface area (Å²) in [5.74, 6) is 0.568. The largest absolute Gasteiger partial charge is 0.504 e. The molecule has 1 heterocycles. The molecule has 0 radical (unpaired) electrons. The zero-order valence-corrected chi connectivity index (χ0v) is 13.8. The number of aryl methyl sites for hydroxylation is 1. The van der Waals surface area contributed by atoms with E-state index in [0.29, 0.717) is 28.3 Å². The van der Waals surface area contributed by atoms with Crippen LogP contribution in [0, 0.1) is 18.3 Å². The van der Waals surface area contributed by atoms with Crippen molar-refractivity contribution in [1.29, 1.82) is 5.26 Å². The summed E-state index contributed by atoms with van der Waals surface area (Å²) in [6, 6.07) is 12.4. The summed E-state index contributed by atoms with van der Waals surface area (Å²) >= 11 is 0. The van der Waals surface area contributed by atoms with Crippen molar-refractivity contribution in [3.63, 3.8) is 0 Å². The van der Waals surface area contributed by atoms with Gasteiger partial charge in [0.2, 0.25) is 0 Å². The highest BCUT2D eigenvalue weighted by atomic mass is 16.5. The first-order chi connectivity index (χ1) is 12.0. The molecule has 2 aromatic carbocycles. The van der Waals surface area contributed by atoms with E-state index in [1.54, 1.807) is 49.4 Å². The van der Waals surface area contributed by atoms with E-state index in [1.807, 2.05) is 6.07 Å². The Kier molecular flexibility index (Phi) is 4.31. The van der Waals surface area contributed by atoms with Gasteiger partial charge >= 0.3 is 0 Å². The zero-order chi connectivity index (χ0) is 18.0. The molecule has 0 spiro atoms. The fourth-order valence-electron chi connectivity index (χ4n) is 2.65. The van der Waals surface area contributed by atoms with Gasteiger partial charge in [0, 0.05) is 0 Å². The Balaban J connectivity index is 2.06. The smallest absolute Gasteiger partial charge is 0.295 e. The summed E-state index contributed by atoms with van der Waals surface area (Å²) < 4.78 is 10.9. The minimum atomic E-state index is -0.398. The van der Waals surface area contributed by atoms with Crippen molar-refractivity contribution in [1.82, 2.24) is 0 Å². The highest BCUT2D eigenvalue weighted by Crippen LogP contribution is 2.36. The first kappa shape index (κ1) is 16.4. The standard InChI is InChI=1S/C19H16N2O4/c1-12-9-13(10-16(24-2)18(12)22)11-17-19(23)21(8-7-20)14-5-3-4-6-15(14)25-17/h3-6,9-11,22H,8H2,1-2H3. The van der Waals surface area contributed by atoms with Gasteiger partial charge in [0.1, 0.15) is 6.54 Å². The molecule has 2 aromatic rings. The summed E-state index contributed by atoms with van der Waals surface area (Å²) in [4.78, 5) is 14.1. The van der Waals surface area contributed by atoms with Crippen LogP contribution >= 0.6 is 0 Å². The predicted octanol–water partition coefficient (Wildman–Crippen LogP) is 3.00. The summed E-state index contributed by atoms with van der Waals surface area (Å²) in [5.41, 5.74) is 1.82. The van der Waals surface area contributed by atoms with Crippen molar-refractivity contribution in [3.8, 4) is 23.3 Å². The molecule has 0 saturated carbocycles. The summed E-state index contributed by atoms with van der Waals surface area (Å²) in [6.07, 6.45) is 1.57. The molecule has 0 aliphatic carbocycles. The van der Waals surface area contributed by atoms with Gasteiger partial charge in [0.05, 0.1) is 18.9 Å². The van der Waals surface area contributed by atoms with Crippen LogP contribution in [-0.2, 0) is 4.79 Å². The van der Waals surface area contributed by atoms with E-state index in [9.17, 15) is 9.90 Å². The molecule has 0 saturated heterocycles. The lowest BCUT2D eigenvalue weighted by Gasteiger charge is -2.28. The lowest BCUT2D eigenvalue weighted by Crippen LogP contribution is -2.37. The third-order valence-electron chi connectivity index (χ3n) is 3.87. The molecule has 126 valence electrons. The quantitative estimate of drug-likeness (QED) is 0.688. The van der Waals surface area contributed by atoms with E-state index in [2.05, 4.69) is 0 Å². The number of hydrogen-bond acceptors (Lipinski definition) is 5. The van der Waals surface area contributed by atoms with Crippen LogP contribution in [0.3, 0.4) is 0 Å². The summed E-state index contributed by atoms with van der Waals surface area (Å²) in [7, 11) is 1.46. The number of aromatic hydroxyl groups is 1. The predicted molar refractivity (Wildman–Crippen MR) is 92.4 cm³/mol. The van der Waals surface area contributed by atoms with E-state index in [0.717, 1.165) is 0 Å². The van der Waals surface area contributed by atoms with Crippen LogP contribution in [-0.4, -0.2) is 24.7 Å². The average molecular weight is 336 g/mol. The van der Waals surface area contributed by atoms with Crippen molar-refractivity contribution in [3.05, 3.63) is 53.3 Å². The van der Waals surface area contributed by atoms with Gasteiger partial charge in [-0.1, -0.05) is 12.1 Å². The zero-order valence-electron chi connectivity index (χ0n) is 13.8. The number of phenols is 1. The van der Waals surface area contributed by atoms with Crippen LogP contribution in [0.4, 0.5) is 5.69 Å². The third kappa shape index (κ3) is 3.00. The highest BCUT2D eigenvalue weighted by Gasteiger charge is 2.30. The lowest BCUT2D eigenvalue weighted by molar-refractivity contribution is -0.117. The maximum absolute atomic E-state index is 12.7. The molecule has 0 bridgehead atoms. The number of ether oxygens (including phenoxy) is 2. The minimum Gasteiger partial charge on any atom is -0.504 e. The Morgan fingerprint density at radius 2 is 2.12 bits per heavy atom. The topological polar surface area (TPSA) is 82.8 Å². The summed E-state index contributed by atoms with van der Waals surface area (Å²) in [6.45, 7) is 1.66. The van der Waals surface area contributed by atoms with E-state index < -0.39 is 5.91 Å². The Hall–Kier alpha value is -3.46.